The third kappa shape index (κ3) is 5.94. The molecule has 0 aliphatic heterocycles. The second kappa shape index (κ2) is 11.2. The molecular weight excluding hydrogens is 478 g/mol. The van der Waals surface area contributed by atoms with E-state index < -0.39 is 11.9 Å². The number of amides is 2. The van der Waals surface area contributed by atoms with Gasteiger partial charge in [0.05, 0.1) is 22.8 Å². The molecule has 2 aromatic heterocycles. The van der Waals surface area contributed by atoms with Crippen LogP contribution >= 0.6 is 23.1 Å². The SMILES string of the molecule is CCOC(=O)c1c(NC(=O)CSc2nnc(COc3ccc(C)cc3)n2C)sc(C(N)=O)c1C. The van der Waals surface area contributed by atoms with Gasteiger partial charge >= 0.3 is 5.97 Å². The largest absolute Gasteiger partial charge is 0.486 e. The predicted octanol–water partition coefficient (Wildman–Crippen LogP) is 3.08. The summed E-state index contributed by atoms with van der Waals surface area (Å²) in [6.07, 6.45) is 0. The van der Waals surface area contributed by atoms with Crippen molar-refractivity contribution in [2.45, 2.75) is 32.5 Å². The maximum absolute atomic E-state index is 12.6. The molecule has 0 aliphatic rings. The van der Waals surface area contributed by atoms with Crippen LogP contribution in [0, 0.1) is 13.8 Å². The van der Waals surface area contributed by atoms with E-state index in [2.05, 4.69) is 15.5 Å². The van der Waals surface area contributed by atoms with Crippen LogP contribution in [-0.4, -0.2) is 44.9 Å². The number of benzene rings is 1. The van der Waals surface area contributed by atoms with Crippen molar-refractivity contribution >= 4 is 45.9 Å². The maximum Gasteiger partial charge on any atom is 0.341 e. The molecule has 3 rings (SSSR count). The number of anilines is 1. The molecule has 180 valence electrons. The zero-order valence-corrected chi connectivity index (χ0v) is 20.8. The first-order valence-electron chi connectivity index (χ1n) is 10.3. The van der Waals surface area contributed by atoms with Crippen molar-refractivity contribution in [2.75, 3.05) is 17.7 Å². The quantitative estimate of drug-likeness (QED) is 0.318. The maximum atomic E-state index is 12.6. The predicted molar refractivity (Wildman–Crippen MR) is 129 cm³/mol. The number of carbonyl (C=O) groups excluding carboxylic acids is 3. The highest BCUT2D eigenvalue weighted by atomic mass is 32.2. The summed E-state index contributed by atoms with van der Waals surface area (Å²) in [5.41, 5.74) is 7.05. The number of nitrogens with one attached hydrogen (secondary N) is 1. The van der Waals surface area contributed by atoms with Gasteiger partial charge in [-0.05, 0) is 38.5 Å². The second-order valence-corrected chi connectivity index (χ2v) is 9.20. The summed E-state index contributed by atoms with van der Waals surface area (Å²) in [5, 5.41) is 11.7. The Hall–Kier alpha value is -3.38. The lowest BCUT2D eigenvalue weighted by Gasteiger charge is -2.08. The smallest absolute Gasteiger partial charge is 0.341 e. The molecule has 0 unspecified atom stereocenters. The van der Waals surface area contributed by atoms with Gasteiger partial charge in [0.15, 0.2) is 11.0 Å². The Balaban J connectivity index is 1.63. The number of thiophene rings is 1. The minimum absolute atomic E-state index is 0.00983. The Kier molecular flexibility index (Phi) is 8.29. The molecule has 2 amide bonds. The third-order valence-corrected chi connectivity index (χ3v) is 6.99. The number of rotatable bonds is 10. The van der Waals surface area contributed by atoms with E-state index in [0.717, 1.165) is 22.6 Å². The van der Waals surface area contributed by atoms with Crippen LogP contribution in [0.1, 0.15) is 43.9 Å². The average molecular weight is 504 g/mol. The van der Waals surface area contributed by atoms with E-state index in [-0.39, 0.29) is 40.3 Å². The Morgan fingerprint density at radius 3 is 2.53 bits per heavy atom. The van der Waals surface area contributed by atoms with Gasteiger partial charge < -0.3 is 25.1 Å². The van der Waals surface area contributed by atoms with Gasteiger partial charge in [-0.2, -0.15) is 0 Å². The zero-order chi connectivity index (χ0) is 24.8. The first-order chi connectivity index (χ1) is 16.2. The van der Waals surface area contributed by atoms with Crippen molar-refractivity contribution in [1.29, 1.82) is 0 Å². The van der Waals surface area contributed by atoms with Crippen molar-refractivity contribution in [2.24, 2.45) is 12.8 Å². The van der Waals surface area contributed by atoms with Gasteiger partial charge in [0, 0.05) is 7.05 Å². The van der Waals surface area contributed by atoms with Gasteiger partial charge in [-0.25, -0.2) is 4.79 Å². The van der Waals surface area contributed by atoms with Gasteiger partial charge in [-0.3, -0.25) is 9.59 Å². The molecule has 0 saturated heterocycles. The van der Waals surface area contributed by atoms with E-state index in [4.69, 9.17) is 15.2 Å². The molecule has 2 heterocycles. The van der Waals surface area contributed by atoms with E-state index in [1.165, 1.54) is 11.8 Å². The average Bonchev–Trinajstić information content (AvgIpc) is 3.31. The summed E-state index contributed by atoms with van der Waals surface area (Å²) in [6, 6.07) is 7.68. The van der Waals surface area contributed by atoms with Crippen molar-refractivity contribution in [3.05, 3.63) is 51.7 Å². The van der Waals surface area contributed by atoms with Crippen molar-refractivity contribution in [1.82, 2.24) is 14.8 Å². The fourth-order valence-corrected chi connectivity index (χ4v) is 4.75. The van der Waals surface area contributed by atoms with E-state index in [1.807, 2.05) is 31.2 Å². The minimum atomic E-state index is -0.678. The van der Waals surface area contributed by atoms with Crippen LogP contribution in [0.15, 0.2) is 29.4 Å². The number of aromatic nitrogens is 3. The lowest BCUT2D eigenvalue weighted by molar-refractivity contribution is -0.113. The number of thioether (sulfide) groups is 1. The van der Waals surface area contributed by atoms with E-state index in [0.29, 0.717) is 16.5 Å². The van der Waals surface area contributed by atoms with E-state index >= 15 is 0 Å². The molecule has 0 atom stereocenters. The normalized spacial score (nSPS) is 10.7. The second-order valence-electron chi connectivity index (χ2n) is 7.24. The summed E-state index contributed by atoms with van der Waals surface area (Å²) in [5.74, 6) is -0.348. The number of ether oxygens (including phenoxy) is 2. The van der Waals surface area contributed by atoms with E-state index in [1.54, 1.807) is 25.5 Å². The molecule has 0 radical (unpaired) electrons. The molecule has 0 fully saturated rings. The number of carbonyl (C=O) groups is 3. The molecule has 0 spiro atoms. The molecule has 12 heteroatoms. The van der Waals surface area contributed by atoms with Crippen LogP contribution < -0.4 is 15.8 Å². The first-order valence-corrected chi connectivity index (χ1v) is 12.1. The summed E-state index contributed by atoms with van der Waals surface area (Å²) in [7, 11) is 1.79. The van der Waals surface area contributed by atoms with Crippen LogP contribution in [0.2, 0.25) is 0 Å². The van der Waals surface area contributed by atoms with Gasteiger partial charge in [-0.1, -0.05) is 29.5 Å². The van der Waals surface area contributed by atoms with Gasteiger partial charge in [-0.15, -0.1) is 21.5 Å². The Morgan fingerprint density at radius 1 is 1.18 bits per heavy atom. The highest BCUT2D eigenvalue weighted by Gasteiger charge is 2.26. The lowest BCUT2D eigenvalue weighted by atomic mass is 10.1. The highest BCUT2D eigenvalue weighted by Crippen LogP contribution is 2.33. The standard InChI is InChI=1S/C22H25N5O5S2/c1-5-31-21(30)17-13(3)18(19(23)29)34-20(17)24-16(28)11-33-22-26-25-15(27(22)4)10-32-14-8-6-12(2)7-9-14/h6-9H,5,10-11H2,1-4H3,(H2,23,29)(H,24,28). The summed E-state index contributed by atoms with van der Waals surface area (Å²) in [6.45, 7) is 5.65. The summed E-state index contributed by atoms with van der Waals surface area (Å²) < 4.78 is 12.5. The molecule has 34 heavy (non-hydrogen) atoms. The Morgan fingerprint density at radius 2 is 1.88 bits per heavy atom. The van der Waals surface area contributed by atoms with Crippen molar-refractivity contribution < 1.29 is 23.9 Å². The van der Waals surface area contributed by atoms with Crippen LogP contribution in [0.3, 0.4) is 0 Å². The molecule has 3 aromatic rings. The fourth-order valence-electron chi connectivity index (χ4n) is 2.96. The number of nitrogens with two attached hydrogens (primary N) is 1. The van der Waals surface area contributed by atoms with Crippen LogP contribution in [0.4, 0.5) is 5.00 Å². The van der Waals surface area contributed by atoms with Crippen molar-refractivity contribution in [3.8, 4) is 5.75 Å². The number of primary amides is 1. The lowest BCUT2D eigenvalue weighted by Crippen LogP contribution is -2.17. The molecule has 0 saturated carbocycles. The molecular formula is C22H25N5O5S2. The summed E-state index contributed by atoms with van der Waals surface area (Å²) in [4.78, 5) is 36.8. The van der Waals surface area contributed by atoms with Crippen molar-refractivity contribution in [3.63, 3.8) is 0 Å². The molecule has 0 aliphatic carbocycles. The molecule has 3 N–H and O–H groups in total. The number of nitrogens with zero attached hydrogens (tertiary/aromatic N) is 3. The number of esters is 1. The van der Waals surface area contributed by atoms with E-state index in [9.17, 15) is 14.4 Å². The summed E-state index contributed by atoms with van der Waals surface area (Å²) >= 11 is 2.12. The Bertz CT molecular complexity index is 1200. The van der Waals surface area contributed by atoms with Gasteiger partial charge in [0.25, 0.3) is 5.91 Å². The first kappa shape index (κ1) is 25.2. The minimum Gasteiger partial charge on any atom is -0.486 e. The number of hydrogen-bond donors (Lipinski definition) is 2. The zero-order valence-electron chi connectivity index (χ0n) is 19.2. The topological polar surface area (TPSA) is 138 Å². The Labute approximate surface area is 204 Å². The number of hydrogen-bond acceptors (Lipinski definition) is 9. The monoisotopic (exact) mass is 503 g/mol. The molecule has 0 bridgehead atoms. The van der Waals surface area contributed by atoms with Gasteiger partial charge in [0.2, 0.25) is 5.91 Å². The molecule has 1 aromatic carbocycles. The van der Waals surface area contributed by atoms with Crippen LogP contribution in [-0.2, 0) is 23.2 Å². The number of aryl methyl sites for hydroxylation is 1. The highest BCUT2D eigenvalue weighted by molar-refractivity contribution is 7.99. The van der Waals surface area contributed by atoms with Crippen LogP contribution in [0.25, 0.3) is 0 Å². The fraction of sp³-hybridized carbons (Fsp3) is 0.318. The molecule has 10 nitrogen and oxygen atoms in total. The van der Waals surface area contributed by atoms with Crippen LogP contribution in [0.5, 0.6) is 5.75 Å². The third-order valence-electron chi connectivity index (χ3n) is 4.75. The van der Waals surface area contributed by atoms with Gasteiger partial charge in [0.1, 0.15) is 17.4 Å².